The molecule has 44 heavy (non-hydrogen) atoms. The van der Waals surface area contributed by atoms with Crippen LogP contribution < -0.4 is 5.32 Å². The van der Waals surface area contributed by atoms with Gasteiger partial charge in [-0.1, -0.05) is 6.07 Å². The molecule has 3 rings (SSSR count). The monoisotopic (exact) mass is 777 g/mol. The summed E-state index contributed by atoms with van der Waals surface area (Å²) in [5.74, 6) is -4.79. The SMILES string of the molecule is O=C(Nc1cccc(C(=O)Cc2c(I)cc(C(F)(C(F)(F)F)C(F)(F)F)cc2S(=O)(=O)C(F)(F)F)c1F)c1ccc(F)cc1. The lowest BCUT2D eigenvalue weighted by Crippen LogP contribution is -2.50. The zero-order valence-corrected chi connectivity index (χ0v) is 23.8. The molecule has 0 aliphatic carbocycles. The van der Waals surface area contributed by atoms with Gasteiger partial charge in [-0.25, -0.2) is 21.6 Å². The van der Waals surface area contributed by atoms with E-state index >= 15 is 4.39 Å². The Hall–Kier alpha value is -3.36. The van der Waals surface area contributed by atoms with Crippen molar-refractivity contribution in [3.05, 3.63) is 92.1 Å². The van der Waals surface area contributed by atoms with Gasteiger partial charge in [0, 0.05) is 21.1 Å². The Bertz CT molecular complexity index is 1700. The lowest BCUT2D eigenvalue weighted by Gasteiger charge is -2.31. The molecule has 3 aromatic carbocycles. The lowest BCUT2D eigenvalue weighted by atomic mass is 9.92. The van der Waals surface area contributed by atoms with Crippen LogP contribution >= 0.6 is 22.6 Å². The van der Waals surface area contributed by atoms with E-state index in [1.54, 1.807) is 0 Å². The van der Waals surface area contributed by atoms with Gasteiger partial charge < -0.3 is 5.32 Å². The summed E-state index contributed by atoms with van der Waals surface area (Å²) in [7, 11) is -6.83. The van der Waals surface area contributed by atoms with Crippen LogP contribution in [-0.4, -0.2) is 38.0 Å². The maximum atomic E-state index is 15.2. The number of ketones is 1. The minimum Gasteiger partial charge on any atom is -0.319 e. The molecule has 0 unspecified atom stereocenters. The second-order valence-corrected chi connectivity index (χ2v) is 11.8. The topological polar surface area (TPSA) is 80.3 Å². The number of Topliss-reactive ketones (excluding diaryl/α,β-unsaturated/α-hetero) is 1. The number of nitrogens with one attached hydrogen (secondary N) is 1. The van der Waals surface area contributed by atoms with Crippen LogP contribution in [0.4, 0.5) is 58.4 Å². The van der Waals surface area contributed by atoms with Gasteiger partial charge in [0.25, 0.3) is 15.7 Å². The summed E-state index contributed by atoms with van der Waals surface area (Å²) in [5, 5.41) is 2.03. The number of halogens is 13. The molecule has 5 nitrogen and oxygen atoms in total. The fourth-order valence-corrected chi connectivity index (χ4v) is 5.77. The van der Waals surface area contributed by atoms with Crippen molar-refractivity contribution in [2.45, 2.75) is 34.8 Å². The smallest absolute Gasteiger partial charge is 0.319 e. The van der Waals surface area contributed by atoms with Crippen LogP contribution in [0.5, 0.6) is 0 Å². The zero-order chi connectivity index (χ0) is 33.6. The predicted molar refractivity (Wildman–Crippen MR) is 136 cm³/mol. The zero-order valence-electron chi connectivity index (χ0n) is 20.9. The second kappa shape index (κ2) is 11.9. The molecule has 0 aliphatic rings. The third-order valence-corrected chi connectivity index (χ3v) is 8.43. The molecule has 0 aliphatic heterocycles. The van der Waals surface area contributed by atoms with Gasteiger partial charge in [-0.2, -0.15) is 39.5 Å². The van der Waals surface area contributed by atoms with Crippen LogP contribution in [-0.2, 0) is 21.9 Å². The fourth-order valence-electron chi connectivity index (χ4n) is 3.73. The molecule has 0 atom stereocenters. The first-order valence-corrected chi connectivity index (χ1v) is 13.8. The predicted octanol–water partition coefficient (Wildman–Crippen LogP) is 7.83. The molecule has 0 spiro atoms. The normalized spacial score (nSPS) is 13.1. The van der Waals surface area contributed by atoms with Crippen LogP contribution in [0.3, 0.4) is 0 Å². The number of benzene rings is 3. The highest BCUT2D eigenvalue weighted by Gasteiger charge is 2.73. The van der Waals surface area contributed by atoms with E-state index < -0.39 is 100 Å². The van der Waals surface area contributed by atoms with Gasteiger partial charge in [-0.3, -0.25) is 9.59 Å². The molecular weight excluding hydrogens is 765 g/mol. The molecule has 0 radical (unpaired) electrons. The van der Waals surface area contributed by atoms with Crippen molar-refractivity contribution in [1.82, 2.24) is 0 Å². The molecule has 0 saturated carbocycles. The van der Waals surface area contributed by atoms with Gasteiger partial charge in [0.05, 0.1) is 16.1 Å². The molecule has 0 bridgehead atoms. The quantitative estimate of drug-likeness (QED) is 0.151. The molecule has 19 heteroatoms. The standard InChI is InChI=1S/C25H12F12INO4S/c26-13-6-4-11(5-7-13)21(41)39-17-3-1-2-14(20(17)27)18(40)10-15-16(38)8-12(9-19(15)44(42,43)25(35,36)37)22(28,23(29,30)31)24(32,33)34/h1-9H,10H2,(H,39,41). The summed E-state index contributed by atoms with van der Waals surface area (Å²) < 4.78 is 186. The maximum Gasteiger partial charge on any atom is 0.501 e. The summed E-state index contributed by atoms with van der Waals surface area (Å²) in [4.78, 5) is 23.0. The Morgan fingerprint density at radius 2 is 1.34 bits per heavy atom. The molecule has 1 amide bonds. The number of carbonyl (C=O) groups excluding carboxylic acids is 2. The second-order valence-electron chi connectivity index (χ2n) is 8.77. The molecule has 3 aromatic rings. The van der Waals surface area contributed by atoms with Gasteiger partial charge in [-0.15, -0.1) is 0 Å². The van der Waals surface area contributed by atoms with Gasteiger partial charge in [-0.05, 0) is 76.7 Å². The molecule has 0 aromatic heterocycles. The van der Waals surface area contributed by atoms with Crippen molar-refractivity contribution in [2.24, 2.45) is 0 Å². The first kappa shape index (κ1) is 35.1. The molecule has 238 valence electrons. The highest BCUT2D eigenvalue weighted by Crippen LogP contribution is 2.54. The number of hydrogen-bond donors (Lipinski definition) is 1. The van der Waals surface area contributed by atoms with E-state index in [0.29, 0.717) is 0 Å². The van der Waals surface area contributed by atoms with E-state index in [2.05, 4.69) is 0 Å². The summed E-state index contributed by atoms with van der Waals surface area (Å²) in [6.07, 6.45) is -15.2. The number of sulfone groups is 1. The Balaban J connectivity index is 2.15. The van der Waals surface area contributed by atoms with Crippen LogP contribution in [0.15, 0.2) is 59.5 Å². The summed E-state index contributed by atoms with van der Waals surface area (Å²) in [6.45, 7) is 0. The van der Waals surface area contributed by atoms with Crippen molar-refractivity contribution in [1.29, 1.82) is 0 Å². The minimum atomic E-state index is -6.83. The number of hydrogen-bond acceptors (Lipinski definition) is 4. The molecular formula is C25H12F12INO4S. The van der Waals surface area contributed by atoms with Gasteiger partial charge in [0.15, 0.2) is 11.6 Å². The van der Waals surface area contributed by atoms with Crippen LogP contribution in [0.1, 0.15) is 31.8 Å². The fraction of sp³-hybridized carbons (Fsp3) is 0.200. The van der Waals surface area contributed by atoms with Gasteiger partial charge in [0.2, 0.25) is 0 Å². The number of amides is 1. The van der Waals surface area contributed by atoms with Gasteiger partial charge >= 0.3 is 23.5 Å². The van der Waals surface area contributed by atoms with E-state index in [1.165, 1.54) is 0 Å². The Kier molecular flexibility index (Phi) is 9.47. The minimum absolute atomic E-state index is 0.180. The first-order chi connectivity index (χ1) is 19.9. The van der Waals surface area contributed by atoms with Crippen LogP contribution in [0.2, 0.25) is 0 Å². The van der Waals surface area contributed by atoms with Crippen molar-refractivity contribution in [3.8, 4) is 0 Å². The van der Waals surface area contributed by atoms with E-state index in [9.17, 15) is 66.3 Å². The largest absolute Gasteiger partial charge is 0.501 e. The number of carbonyl (C=O) groups is 2. The average molecular weight is 777 g/mol. The lowest BCUT2D eigenvalue weighted by molar-refractivity contribution is -0.348. The Labute approximate surface area is 252 Å². The third kappa shape index (κ3) is 6.52. The maximum absolute atomic E-state index is 15.2. The number of anilines is 1. The first-order valence-electron chi connectivity index (χ1n) is 11.3. The average Bonchev–Trinajstić information content (AvgIpc) is 2.88. The highest BCUT2D eigenvalue weighted by molar-refractivity contribution is 14.1. The Morgan fingerprint density at radius 3 is 1.84 bits per heavy atom. The van der Waals surface area contributed by atoms with E-state index in [1.807, 2.05) is 5.32 Å². The van der Waals surface area contributed by atoms with Crippen LogP contribution in [0, 0.1) is 15.2 Å². The Morgan fingerprint density at radius 1 is 0.795 bits per heavy atom. The van der Waals surface area contributed by atoms with Crippen molar-refractivity contribution < 1.29 is 70.7 Å². The van der Waals surface area contributed by atoms with E-state index in [-0.39, 0.29) is 11.6 Å². The number of alkyl halides is 10. The van der Waals surface area contributed by atoms with E-state index in [0.717, 1.165) is 65.1 Å². The number of rotatable bonds is 7. The molecule has 0 saturated heterocycles. The molecule has 1 N–H and O–H groups in total. The van der Waals surface area contributed by atoms with Gasteiger partial charge in [0.1, 0.15) is 5.82 Å². The van der Waals surface area contributed by atoms with E-state index in [4.69, 9.17) is 0 Å². The third-order valence-electron chi connectivity index (χ3n) is 5.92. The molecule has 0 fully saturated rings. The van der Waals surface area contributed by atoms with Crippen molar-refractivity contribution >= 4 is 49.8 Å². The molecule has 0 heterocycles. The summed E-state index contributed by atoms with van der Waals surface area (Å²) in [5.41, 5.74) is -18.4. The highest BCUT2D eigenvalue weighted by atomic mass is 127. The van der Waals surface area contributed by atoms with Crippen molar-refractivity contribution in [3.63, 3.8) is 0 Å². The summed E-state index contributed by atoms with van der Waals surface area (Å²) >= 11 is 0.806. The summed E-state index contributed by atoms with van der Waals surface area (Å²) in [6, 6.07) is 5.33. The van der Waals surface area contributed by atoms with Crippen molar-refractivity contribution in [2.75, 3.05) is 5.32 Å². The van der Waals surface area contributed by atoms with Crippen LogP contribution in [0.25, 0.3) is 0 Å².